The van der Waals surface area contributed by atoms with Gasteiger partial charge in [-0.25, -0.2) is 0 Å². The molecule has 2 rings (SSSR count). The summed E-state index contributed by atoms with van der Waals surface area (Å²) in [7, 11) is 1.97. The SMILES string of the molecule is CN[C@H]1CCN(C(=O)C2CC2)C1.Cl. The third-order valence-electron chi connectivity index (χ3n) is 2.83. The molecule has 0 bridgehead atoms. The molecular weight excluding hydrogens is 188 g/mol. The van der Waals surface area contributed by atoms with Gasteiger partial charge in [-0.15, -0.1) is 12.4 Å². The molecule has 0 aromatic carbocycles. The summed E-state index contributed by atoms with van der Waals surface area (Å²) in [6.07, 6.45) is 3.37. The maximum atomic E-state index is 11.6. The highest BCUT2D eigenvalue weighted by atomic mass is 35.5. The van der Waals surface area contributed by atoms with Crippen molar-refractivity contribution in [1.82, 2.24) is 10.2 Å². The molecule has 1 aliphatic heterocycles. The van der Waals surface area contributed by atoms with Crippen molar-refractivity contribution in [3.05, 3.63) is 0 Å². The van der Waals surface area contributed by atoms with E-state index in [1.807, 2.05) is 11.9 Å². The van der Waals surface area contributed by atoms with E-state index in [9.17, 15) is 4.79 Å². The third-order valence-corrected chi connectivity index (χ3v) is 2.83. The van der Waals surface area contributed by atoms with Crippen molar-refractivity contribution in [2.45, 2.75) is 25.3 Å². The van der Waals surface area contributed by atoms with Gasteiger partial charge in [-0.2, -0.15) is 0 Å². The average Bonchev–Trinajstić information content (AvgIpc) is 2.82. The van der Waals surface area contributed by atoms with E-state index < -0.39 is 0 Å². The second-order valence-corrected chi connectivity index (χ2v) is 3.83. The van der Waals surface area contributed by atoms with Gasteiger partial charge in [0.25, 0.3) is 0 Å². The van der Waals surface area contributed by atoms with Gasteiger partial charge in [0.1, 0.15) is 0 Å². The quantitative estimate of drug-likeness (QED) is 0.716. The van der Waals surface area contributed by atoms with Crippen LogP contribution < -0.4 is 5.32 Å². The minimum atomic E-state index is 0. The largest absolute Gasteiger partial charge is 0.341 e. The van der Waals surface area contributed by atoms with Crippen LogP contribution in [0.15, 0.2) is 0 Å². The normalized spacial score (nSPS) is 27.2. The smallest absolute Gasteiger partial charge is 0.225 e. The van der Waals surface area contributed by atoms with Crippen molar-refractivity contribution >= 4 is 18.3 Å². The van der Waals surface area contributed by atoms with Gasteiger partial charge in [-0.1, -0.05) is 0 Å². The Kier molecular flexibility index (Phi) is 3.56. The second kappa shape index (κ2) is 4.29. The van der Waals surface area contributed by atoms with E-state index in [-0.39, 0.29) is 12.4 Å². The van der Waals surface area contributed by atoms with Crippen molar-refractivity contribution in [3.63, 3.8) is 0 Å². The number of carbonyl (C=O) groups excluding carboxylic acids is 1. The molecule has 0 unspecified atom stereocenters. The maximum absolute atomic E-state index is 11.6. The lowest BCUT2D eigenvalue weighted by molar-refractivity contribution is -0.131. The lowest BCUT2D eigenvalue weighted by Crippen LogP contribution is -2.34. The van der Waals surface area contributed by atoms with Crippen molar-refractivity contribution in [2.75, 3.05) is 20.1 Å². The molecule has 1 atom stereocenters. The summed E-state index contributed by atoms with van der Waals surface area (Å²) < 4.78 is 0. The minimum absolute atomic E-state index is 0. The Morgan fingerprint density at radius 1 is 1.38 bits per heavy atom. The summed E-state index contributed by atoms with van der Waals surface area (Å²) in [5.41, 5.74) is 0. The first-order chi connectivity index (χ1) is 5.81. The number of nitrogens with zero attached hydrogens (tertiary/aromatic N) is 1. The molecular formula is C9H17ClN2O. The Bertz CT molecular complexity index is 194. The van der Waals surface area contributed by atoms with Crippen LogP contribution in [0.5, 0.6) is 0 Å². The fraction of sp³-hybridized carbons (Fsp3) is 0.889. The van der Waals surface area contributed by atoms with Crippen LogP contribution >= 0.6 is 12.4 Å². The van der Waals surface area contributed by atoms with Crippen LogP contribution in [0.4, 0.5) is 0 Å². The molecule has 3 nitrogen and oxygen atoms in total. The fourth-order valence-electron chi connectivity index (χ4n) is 1.78. The van der Waals surface area contributed by atoms with Gasteiger partial charge < -0.3 is 10.2 Å². The molecule has 76 valence electrons. The fourth-order valence-corrected chi connectivity index (χ4v) is 1.78. The van der Waals surface area contributed by atoms with E-state index in [1.165, 1.54) is 0 Å². The molecule has 4 heteroatoms. The summed E-state index contributed by atoms with van der Waals surface area (Å²) in [6, 6.07) is 0.535. The number of likely N-dealkylation sites (N-methyl/N-ethyl adjacent to an activating group) is 1. The van der Waals surface area contributed by atoms with Crippen LogP contribution in [-0.4, -0.2) is 37.0 Å². The maximum Gasteiger partial charge on any atom is 0.225 e. The van der Waals surface area contributed by atoms with Gasteiger partial charge >= 0.3 is 0 Å². The predicted octanol–water partition coefficient (Wildman–Crippen LogP) is 0.638. The summed E-state index contributed by atoms with van der Waals surface area (Å²) in [4.78, 5) is 13.6. The lowest BCUT2D eigenvalue weighted by atomic mass is 10.3. The number of carbonyl (C=O) groups is 1. The molecule has 2 fully saturated rings. The Morgan fingerprint density at radius 2 is 2.08 bits per heavy atom. The van der Waals surface area contributed by atoms with Gasteiger partial charge in [0, 0.05) is 25.0 Å². The van der Waals surface area contributed by atoms with Crippen LogP contribution in [0.3, 0.4) is 0 Å². The zero-order chi connectivity index (χ0) is 8.55. The highest BCUT2D eigenvalue weighted by molar-refractivity contribution is 5.85. The van der Waals surface area contributed by atoms with Crippen molar-refractivity contribution in [1.29, 1.82) is 0 Å². The lowest BCUT2D eigenvalue weighted by Gasteiger charge is -2.15. The van der Waals surface area contributed by atoms with Gasteiger partial charge in [-0.05, 0) is 26.3 Å². The standard InChI is InChI=1S/C9H16N2O.ClH/c1-10-8-4-5-11(6-8)9(12)7-2-3-7;/h7-8,10H,2-6H2,1H3;1H/t8-;/m0./s1. The molecule has 1 saturated heterocycles. The highest BCUT2D eigenvalue weighted by Gasteiger charge is 2.36. The van der Waals surface area contributed by atoms with E-state index in [0.717, 1.165) is 32.4 Å². The summed E-state index contributed by atoms with van der Waals surface area (Å²) >= 11 is 0. The number of nitrogens with one attached hydrogen (secondary N) is 1. The number of halogens is 1. The molecule has 2 aliphatic rings. The molecule has 0 aromatic heterocycles. The minimum Gasteiger partial charge on any atom is -0.341 e. The molecule has 0 aromatic rings. The number of likely N-dealkylation sites (tertiary alicyclic amines) is 1. The highest BCUT2D eigenvalue weighted by Crippen LogP contribution is 2.31. The van der Waals surface area contributed by atoms with Crippen LogP contribution in [0.25, 0.3) is 0 Å². The molecule has 1 saturated carbocycles. The first-order valence-corrected chi connectivity index (χ1v) is 4.77. The van der Waals surface area contributed by atoms with Crippen LogP contribution in [0, 0.1) is 5.92 Å². The topological polar surface area (TPSA) is 32.3 Å². The molecule has 1 N–H and O–H groups in total. The Hall–Kier alpha value is -0.280. The molecule has 1 amide bonds. The van der Waals surface area contributed by atoms with E-state index in [4.69, 9.17) is 0 Å². The third kappa shape index (κ3) is 2.35. The van der Waals surface area contributed by atoms with Crippen LogP contribution in [-0.2, 0) is 4.79 Å². The van der Waals surface area contributed by atoms with Crippen molar-refractivity contribution < 1.29 is 4.79 Å². The second-order valence-electron chi connectivity index (χ2n) is 3.83. The zero-order valence-corrected chi connectivity index (χ0v) is 8.77. The summed E-state index contributed by atoms with van der Waals surface area (Å²) in [5, 5.41) is 3.21. The first-order valence-electron chi connectivity index (χ1n) is 4.77. The molecule has 13 heavy (non-hydrogen) atoms. The monoisotopic (exact) mass is 204 g/mol. The molecule has 1 heterocycles. The van der Waals surface area contributed by atoms with Gasteiger partial charge in [0.15, 0.2) is 0 Å². The van der Waals surface area contributed by atoms with E-state index >= 15 is 0 Å². The summed E-state index contributed by atoms with van der Waals surface area (Å²) in [5.74, 6) is 0.786. The first kappa shape index (κ1) is 10.8. The van der Waals surface area contributed by atoms with E-state index in [2.05, 4.69) is 5.32 Å². The van der Waals surface area contributed by atoms with Crippen molar-refractivity contribution in [2.24, 2.45) is 5.92 Å². The van der Waals surface area contributed by atoms with Gasteiger partial charge in [0.2, 0.25) is 5.91 Å². The van der Waals surface area contributed by atoms with Gasteiger partial charge in [0.05, 0.1) is 0 Å². The van der Waals surface area contributed by atoms with E-state index in [1.54, 1.807) is 0 Å². The number of hydrogen-bond donors (Lipinski definition) is 1. The molecule has 1 aliphatic carbocycles. The average molecular weight is 205 g/mol. The predicted molar refractivity (Wildman–Crippen MR) is 54.0 cm³/mol. The zero-order valence-electron chi connectivity index (χ0n) is 7.95. The number of hydrogen-bond acceptors (Lipinski definition) is 2. The van der Waals surface area contributed by atoms with Crippen LogP contribution in [0.1, 0.15) is 19.3 Å². The Morgan fingerprint density at radius 3 is 2.54 bits per heavy atom. The molecule has 0 radical (unpaired) electrons. The number of rotatable bonds is 2. The number of amides is 1. The van der Waals surface area contributed by atoms with Crippen molar-refractivity contribution in [3.8, 4) is 0 Å². The van der Waals surface area contributed by atoms with E-state index in [0.29, 0.717) is 17.9 Å². The Labute approximate surface area is 85.3 Å². The molecule has 0 spiro atoms. The Balaban J connectivity index is 0.000000845. The summed E-state index contributed by atoms with van der Waals surface area (Å²) in [6.45, 7) is 1.88. The van der Waals surface area contributed by atoms with Gasteiger partial charge in [-0.3, -0.25) is 4.79 Å². The van der Waals surface area contributed by atoms with Crippen LogP contribution in [0.2, 0.25) is 0 Å².